The molecular formula is C14H21ClN2O3S. The fourth-order valence-electron chi connectivity index (χ4n) is 2.41. The number of halogens is 1. The largest absolute Gasteiger partial charge is 0.316 e. The van der Waals surface area contributed by atoms with Crippen LogP contribution in [0.5, 0.6) is 0 Å². The molecule has 0 aliphatic carbocycles. The number of benzene rings is 1. The van der Waals surface area contributed by atoms with Crippen molar-refractivity contribution in [2.24, 2.45) is 0 Å². The molecule has 0 bridgehead atoms. The van der Waals surface area contributed by atoms with Crippen LogP contribution in [0, 0.1) is 0 Å². The standard InChI is InChI=1S/C14H20N2O3S.ClH/c1-11(17)12-5-7-14(8-6-12)20(18,19)16-9-3-4-13(10-16)15-2;/h5-8,13,15H,3-4,9-10H2,1-2H3;1H. The summed E-state index contributed by atoms with van der Waals surface area (Å²) in [5.74, 6) is -0.0674. The molecule has 1 unspecified atom stereocenters. The Morgan fingerprint density at radius 1 is 1.29 bits per heavy atom. The number of hydrogen-bond donors (Lipinski definition) is 1. The first-order valence-electron chi connectivity index (χ1n) is 6.73. The Bertz CT molecular complexity index is 587. The molecular weight excluding hydrogens is 312 g/mol. The molecule has 7 heteroatoms. The molecule has 21 heavy (non-hydrogen) atoms. The Morgan fingerprint density at radius 2 is 1.90 bits per heavy atom. The Morgan fingerprint density at radius 3 is 2.43 bits per heavy atom. The lowest BCUT2D eigenvalue weighted by atomic mass is 10.1. The van der Waals surface area contributed by atoms with Crippen molar-refractivity contribution in [3.8, 4) is 0 Å². The smallest absolute Gasteiger partial charge is 0.243 e. The Kier molecular flexibility index (Phi) is 6.34. The molecule has 1 fully saturated rings. The van der Waals surface area contributed by atoms with Crippen LogP contribution >= 0.6 is 12.4 Å². The van der Waals surface area contributed by atoms with E-state index in [4.69, 9.17) is 0 Å². The number of ketones is 1. The summed E-state index contributed by atoms with van der Waals surface area (Å²) in [7, 11) is -1.62. The van der Waals surface area contributed by atoms with Crippen LogP contribution in [0.1, 0.15) is 30.1 Å². The maximum absolute atomic E-state index is 12.5. The number of rotatable bonds is 4. The van der Waals surface area contributed by atoms with E-state index >= 15 is 0 Å². The van der Waals surface area contributed by atoms with E-state index in [1.807, 2.05) is 7.05 Å². The average Bonchev–Trinajstić information content (AvgIpc) is 2.47. The van der Waals surface area contributed by atoms with Gasteiger partial charge in [0.25, 0.3) is 0 Å². The van der Waals surface area contributed by atoms with Crippen molar-refractivity contribution in [3.05, 3.63) is 29.8 Å². The van der Waals surface area contributed by atoms with Crippen molar-refractivity contribution in [3.63, 3.8) is 0 Å². The fourth-order valence-corrected chi connectivity index (χ4v) is 3.93. The second kappa shape index (κ2) is 7.35. The highest BCUT2D eigenvalue weighted by Crippen LogP contribution is 2.21. The van der Waals surface area contributed by atoms with Crippen LogP contribution in [0.4, 0.5) is 0 Å². The van der Waals surface area contributed by atoms with Gasteiger partial charge >= 0.3 is 0 Å². The van der Waals surface area contributed by atoms with E-state index in [1.54, 1.807) is 12.1 Å². The highest BCUT2D eigenvalue weighted by molar-refractivity contribution is 7.89. The normalized spacial score (nSPS) is 19.8. The number of Topliss-reactive ketones (excluding diaryl/α,β-unsaturated/α-hetero) is 1. The fraction of sp³-hybridized carbons (Fsp3) is 0.500. The highest BCUT2D eigenvalue weighted by Gasteiger charge is 2.29. The van der Waals surface area contributed by atoms with Crippen LogP contribution in [0.25, 0.3) is 0 Å². The van der Waals surface area contributed by atoms with E-state index in [0.717, 1.165) is 12.8 Å². The lowest BCUT2D eigenvalue weighted by Gasteiger charge is -2.31. The second-order valence-corrected chi connectivity index (χ2v) is 7.01. The van der Waals surface area contributed by atoms with Crippen molar-refractivity contribution in [2.75, 3.05) is 20.1 Å². The maximum atomic E-state index is 12.5. The van der Waals surface area contributed by atoms with Gasteiger partial charge in [0.2, 0.25) is 10.0 Å². The summed E-state index contributed by atoms with van der Waals surface area (Å²) >= 11 is 0. The number of carbonyl (C=O) groups is 1. The molecule has 0 amide bonds. The summed E-state index contributed by atoms with van der Waals surface area (Å²) in [6.45, 7) is 2.51. The maximum Gasteiger partial charge on any atom is 0.243 e. The third kappa shape index (κ3) is 4.03. The number of nitrogens with one attached hydrogen (secondary N) is 1. The molecule has 1 N–H and O–H groups in total. The van der Waals surface area contributed by atoms with Gasteiger partial charge < -0.3 is 5.32 Å². The predicted octanol–water partition coefficient (Wildman–Crippen LogP) is 1.68. The summed E-state index contributed by atoms with van der Waals surface area (Å²) < 4.78 is 26.6. The number of likely N-dealkylation sites (N-methyl/N-ethyl adjacent to an activating group) is 1. The third-order valence-corrected chi connectivity index (χ3v) is 5.57. The van der Waals surface area contributed by atoms with Crippen molar-refractivity contribution in [1.82, 2.24) is 9.62 Å². The topological polar surface area (TPSA) is 66.5 Å². The molecule has 1 atom stereocenters. The van der Waals surface area contributed by atoms with E-state index in [0.29, 0.717) is 18.7 Å². The minimum atomic E-state index is -3.47. The molecule has 0 aromatic heterocycles. The van der Waals surface area contributed by atoms with E-state index in [-0.39, 0.29) is 29.1 Å². The van der Waals surface area contributed by atoms with E-state index in [1.165, 1.54) is 23.4 Å². The van der Waals surface area contributed by atoms with Crippen LogP contribution in [-0.2, 0) is 10.0 Å². The molecule has 1 aromatic rings. The van der Waals surface area contributed by atoms with Gasteiger partial charge in [0.15, 0.2) is 5.78 Å². The molecule has 0 spiro atoms. The predicted molar refractivity (Wildman–Crippen MR) is 84.5 cm³/mol. The Balaban J connectivity index is 0.00000220. The van der Waals surface area contributed by atoms with Crippen LogP contribution in [0.15, 0.2) is 29.2 Å². The first-order valence-corrected chi connectivity index (χ1v) is 8.17. The summed E-state index contributed by atoms with van der Waals surface area (Å²) in [6, 6.07) is 6.35. The average molecular weight is 333 g/mol. The zero-order valence-electron chi connectivity index (χ0n) is 12.2. The van der Waals surface area contributed by atoms with Gasteiger partial charge in [-0.1, -0.05) is 12.1 Å². The number of hydrogen-bond acceptors (Lipinski definition) is 4. The molecule has 0 saturated carbocycles. The summed E-state index contributed by atoms with van der Waals surface area (Å²) in [4.78, 5) is 11.5. The third-order valence-electron chi connectivity index (χ3n) is 3.69. The van der Waals surface area contributed by atoms with Crippen LogP contribution < -0.4 is 5.32 Å². The lowest BCUT2D eigenvalue weighted by Crippen LogP contribution is -2.46. The molecule has 1 aliphatic heterocycles. The molecule has 1 aromatic carbocycles. The van der Waals surface area contributed by atoms with Gasteiger partial charge in [0.05, 0.1) is 4.90 Å². The molecule has 1 saturated heterocycles. The molecule has 118 valence electrons. The Hall–Kier alpha value is -0.950. The molecule has 2 rings (SSSR count). The van der Waals surface area contributed by atoms with Crippen molar-refractivity contribution < 1.29 is 13.2 Å². The number of carbonyl (C=O) groups excluding carboxylic acids is 1. The van der Waals surface area contributed by atoms with Crippen molar-refractivity contribution >= 4 is 28.2 Å². The van der Waals surface area contributed by atoms with Crippen LogP contribution in [-0.4, -0.2) is 44.7 Å². The summed E-state index contributed by atoms with van der Waals surface area (Å²) in [5.41, 5.74) is 0.524. The zero-order chi connectivity index (χ0) is 14.8. The Labute approximate surface area is 132 Å². The first-order chi connectivity index (χ1) is 9.45. The second-order valence-electron chi connectivity index (χ2n) is 5.07. The van der Waals surface area contributed by atoms with Crippen molar-refractivity contribution in [2.45, 2.75) is 30.7 Å². The van der Waals surface area contributed by atoms with Gasteiger partial charge in [0.1, 0.15) is 0 Å². The molecule has 0 radical (unpaired) electrons. The first kappa shape index (κ1) is 18.1. The minimum Gasteiger partial charge on any atom is -0.316 e. The monoisotopic (exact) mass is 332 g/mol. The van der Waals surface area contributed by atoms with E-state index in [9.17, 15) is 13.2 Å². The van der Waals surface area contributed by atoms with Gasteiger partial charge in [-0.2, -0.15) is 4.31 Å². The highest BCUT2D eigenvalue weighted by atomic mass is 35.5. The van der Waals surface area contributed by atoms with E-state index in [2.05, 4.69) is 5.32 Å². The number of sulfonamides is 1. The van der Waals surface area contributed by atoms with Gasteiger partial charge in [-0.25, -0.2) is 8.42 Å². The molecule has 1 aliphatic rings. The number of nitrogens with zero attached hydrogens (tertiary/aromatic N) is 1. The SMILES string of the molecule is CNC1CCCN(S(=O)(=O)c2ccc(C(C)=O)cc2)C1.Cl. The lowest BCUT2D eigenvalue weighted by molar-refractivity contribution is 0.101. The quantitative estimate of drug-likeness (QED) is 0.852. The minimum absolute atomic E-state index is 0. The van der Waals surface area contributed by atoms with Gasteiger partial charge in [-0.3, -0.25) is 4.79 Å². The van der Waals surface area contributed by atoms with Crippen molar-refractivity contribution in [1.29, 1.82) is 0 Å². The van der Waals surface area contributed by atoms with Crippen LogP contribution in [0.2, 0.25) is 0 Å². The summed E-state index contributed by atoms with van der Waals surface area (Å²) in [6.07, 6.45) is 1.85. The molecule has 1 heterocycles. The van der Waals surface area contributed by atoms with E-state index < -0.39 is 10.0 Å². The van der Waals surface area contributed by atoms with Gasteiger partial charge in [0, 0.05) is 24.7 Å². The van der Waals surface area contributed by atoms with Crippen LogP contribution in [0.3, 0.4) is 0 Å². The van der Waals surface area contributed by atoms with Gasteiger partial charge in [-0.05, 0) is 38.9 Å². The zero-order valence-corrected chi connectivity index (χ0v) is 13.8. The molecule has 5 nitrogen and oxygen atoms in total. The van der Waals surface area contributed by atoms with Gasteiger partial charge in [-0.15, -0.1) is 12.4 Å². The number of piperidine rings is 1. The summed E-state index contributed by atoms with van der Waals surface area (Å²) in [5, 5.41) is 3.13.